The minimum absolute atomic E-state index is 0.167. The Balaban J connectivity index is 2.46. The number of aryl methyl sites for hydroxylation is 1. The molecule has 0 aromatic heterocycles. The lowest BCUT2D eigenvalue weighted by atomic mass is 10.2. The van der Waals surface area contributed by atoms with Gasteiger partial charge in [0.2, 0.25) is 5.25 Å². The molecule has 1 N–H and O–H groups in total. The summed E-state index contributed by atoms with van der Waals surface area (Å²) in [4.78, 5) is 25.0. The molecule has 0 bridgehead atoms. The zero-order chi connectivity index (χ0) is 17.5. The number of hydrogen-bond donors (Lipinski definition) is 1. The molecular formula is C14H17BrN3O4S+. The molecule has 0 saturated carbocycles. The third kappa shape index (κ3) is 3.16. The Morgan fingerprint density at radius 1 is 1.26 bits per heavy atom. The lowest BCUT2D eigenvalue weighted by Crippen LogP contribution is -2.57. The minimum Gasteiger partial charge on any atom is -0.282 e. The summed E-state index contributed by atoms with van der Waals surface area (Å²) in [7, 11) is -1.34. The number of anilines is 1. The van der Waals surface area contributed by atoms with Crippen molar-refractivity contribution in [2.45, 2.75) is 19.1 Å². The largest absolute Gasteiger partial charge is 0.500 e. The van der Waals surface area contributed by atoms with Crippen molar-refractivity contribution in [2.75, 3.05) is 18.8 Å². The van der Waals surface area contributed by atoms with E-state index >= 15 is 0 Å². The number of amides is 3. The van der Waals surface area contributed by atoms with E-state index in [0.29, 0.717) is 11.3 Å². The van der Waals surface area contributed by atoms with Gasteiger partial charge in [0.1, 0.15) is 5.71 Å². The van der Waals surface area contributed by atoms with Crippen LogP contribution in [0.15, 0.2) is 22.7 Å². The quantitative estimate of drug-likeness (QED) is 0.777. The molecule has 2 rings (SSSR count). The molecule has 1 unspecified atom stereocenters. The summed E-state index contributed by atoms with van der Waals surface area (Å²) in [5, 5.41) is -1.45. The molecule has 1 aliphatic rings. The van der Waals surface area contributed by atoms with E-state index in [1.807, 2.05) is 0 Å². The monoisotopic (exact) mass is 402 g/mol. The number of rotatable bonds is 3. The van der Waals surface area contributed by atoms with Crippen LogP contribution in [0.25, 0.3) is 0 Å². The summed E-state index contributed by atoms with van der Waals surface area (Å²) in [6.45, 7) is 3.21. The molecule has 1 aromatic rings. The lowest BCUT2D eigenvalue weighted by Gasteiger charge is -2.24. The van der Waals surface area contributed by atoms with Gasteiger partial charge in [0.05, 0.1) is 19.8 Å². The van der Waals surface area contributed by atoms with Gasteiger partial charge in [-0.1, -0.05) is 15.9 Å². The third-order valence-electron chi connectivity index (χ3n) is 3.79. The normalized spacial score (nSPS) is 19.3. The number of nitrogens with one attached hydrogen (secondary N) is 1. The summed E-state index contributed by atoms with van der Waals surface area (Å²) >= 11 is 3.31. The highest BCUT2D eigenvalue weighted by atomic mass is 79.9. The third-order valence-corrected chi connectivity index (χ3v) is 5.95. The van der Waals surface area contributed by atoms with Crippen LogP contribution in [-0.4, -0.2) is 54.9 Å². The van der Waals surface area contributed by atoms with Gasteiger partial charge >= 0.3 is 11.9 Å². The van der Waals surface area contributed by atoms with E-state index in [1.54, 1.807) is 25.1 Å². The highest BCUT2D eigenvalue weighted by Crippen LogP contribution is 2.23. The van der Waals surface area contributed by atoms with Crippen molar-refractivity contribution in [3.8, 4) is 0 Å². The van der Waals surface area contributed by atoms with E-state index in [1.165, 1.54) is 25.6 Å². The summed E-state index contributed by atoms with van der Waals surface area (Å²) in [6, 6.07) is 4.52. The van der Waals surface area contributed by atoms with E-state index in [0.717, 1.165) is 9.37 Å². The maximum Gasteiger partial charge on any atom is 0.500 e. The molecule has 1 atom stereocenters. The van der Waals surface area contributed by atoms with Crippen molar-refractivity contribution < 1.29 is 22.6 Å². The number of carbonyl (C=O) groups excluding carboxylic acids is 2. The zero-order valence-electron chi connectivity index (χ0n) is 13.1. The standard InChI is InChI=1S/C14H17BrN3O4S/c1-8-7-10(15)5-6-11(8)16-23(21,22)12-9(2)17(3)14(20)18(4)13(12)19/h5-7,12,16H,1-4H3/q+1. The minimum atomic E-state index is -4.05. The first kappa shape index (κ1) is 17.6. The fourth-order valence-electron chi connectivity index (χ4n) is 2.31. The first-order chi connectivity index (χ1) is 10.6. The van der Waals surface area contributed by atoms with Gasteiger partial charge in [0.25, 0.3) is 10.0 Å². The summed E-state index contributed by atoms with van der Waals surface area (Å²) in [5.41, 5.74) is 1.26. The first-order valence-corrected chi connectivity index (χ1v) is 9.06. The van der Waals surface area contributed by atoms with Gasteiger partial charge in [-0.05, 0) is 37.6 Å². The van der Waals surface area contributed by atoms with Crippen molar-refractivity contribution in [2.24, 2.45) is 0 Å². The maximum atomic E-state index is 12.7. The topological polar surface area (TPSA) is 86.6 Å². The van der Waals surface area contributed by atoms with E-state index in [9.17, 15) is 18.0 Å². The van der Waals surface area contributed by atoms with Crippen LogP contribution in [0, 0.1) is 6.92 Å². The van der Waals surface area contributed by atoms with Crippen LogP contribution in [0.4, 0.5) is 10.5 Å². The summed E-state index contributed by atoms with van der Waals surface area (Å²) < 4.78 is 29.8. The SMILES string of the molecule is CC1=[N+](C)C(=O)N(C)C(=O)C1S(=O)(=O)Nc1ccc(Br)cc1C. The van der Waals surface area contributed by atoms with E-state index in [4.69, 9.17) is 0 Å². The van der Waals surface area contributed by atoms with Gasteiger partial charge < -0.3 is 0 Å². The van der Waals surface area contributed by atoms with Gasteiger partial charge in [0, 0.05) is 4.47 Å². The van der Waals surface area contributed by atoms with E-state index in [-0.39, 0.29) is 5.71 Å². The van der Waals surface area contributed by atoms with Crippen molar-refractivity contribution >= 4 is 49.3 Å². The van der Waals surface area contributed by atoms with Gasteiger partial charge in [-0.3, -0.25) is 4.72 Å². The van der Waals surface area contributed by atoms with Crippen LogP contribution < -0.4 is 4.72 Å². The number of imide groups is 1. The number of carbonyl (C=O) groups is 2. The highest BCUT2D eigenvalue weighted by molar-refractivity contribution is 9.10. The van der Waals surface area contributed by atoms with Crippen LogP contribution >= 0.6 is 15.9 Å². The van der Waals surface area contributed by atoms with Gasteiger partial charge in [-0.15, -0.1) is 0 Å². The van der Waals surface area contributed by atoms with E-state index in [2.05, 4.69) is 20.7 Å². The Labute approximate surface area is 143 Å². The molecule has 3 amide bonds. The second kappa shape index (κ2) is 6.04. The molecule has 1 aromatic carbocycles. The predicted molar refractivity (Wildman–Crippen MR) is 90.2 cm³/mol. The molecule has 0 fully saturated rings. The molecule has 0 aliphatic carbocycles. The van der Waals surface area contributed by atoms with Crippen molar-refractivity contribution in [1.82, 2.24) is 4.90 Å². The van der Waals surface area contributed by atoms with Gasteiger partial charge in [0.15, 0.2) is 0 Å². The van der Waals surface area contributed by atoms with Crippen LogP contribution in [0.1, 0.15) is 12.5 Å². The first-order valence-electron chi connectivity index (χ1n) is 6.72. The Bertz CT molecular complexity index is 832. The Morgan fingerprint density at radius 3 is 2.43 bits per heavy atom. The average molecular weight is 403 g/mol. The zero-order valence-corrected chi connectivity index (χ0v) is 15.5. The maximum absolute atomic E-state index is 12.7. The second-order valence-electron chi connectivity index (χ2n) is 5.37. The number of halogens is 1. The predicted octanol–water partition coefficient (Wildman–Crippen LogP) is 1.56. The highest BCUT2D eigenvalue weighted by Gasteiger charge is 2.50. The van der Waals surface area contributed by atoms with Crippen LogP contribution in [0.2, 0.25) is 0 Å². The van der Waals surface area contributed by atoms with Gasteiger partial charge in [-0.25, -0.2) is 13.2 Å². The van der Waals surface area contributed by atoms with Crippen molar-refractivity contribution in [1.29, 1.82) is 0 Å². The number of sulfonamides is 1. The van der Waals surface area contributed by atoms with E-state index < -0.39 is 27.2 Å². The molecule has 23 heavy (non-hydrogen) atoms. The van der Waals surface area contributed by atoms with Crippen LogP contribution in [0.5, 0.6) is 0 Å². The van der Waals surface area contributed by atoms with Crippen LogP contribution in [-0.2, 0) is 14.8 Å². The Kier molecular flexibility index (Phi) is 4.63. The molecule has 0 saturated heterocycles. The summed E-state index contributed by atoms with van der Waals surface area (Å²) in [6.07, 6.45) is 0. The molecule has 7 nitrogen and oxygen atoms in total. The fraction of sp³-hybridized carbons (Fsp3) is 0.357. The lowest BCUT2D eigenvalue weighted by molar-refractivity contribution is -0.405. The molecule has 9 heteroatoms. The second-order valence-corrected chi connectivity index (χ2v) is 8.05. The smallest absolute Gasteiger partial charge is 0.282 e. The number of benzene rings is 1. The van der Waals surface area contributed by atoms with Crippen molar-refractivity contribution in [3.63, 3.8) is 0 Å². The number of urea groups is 1. The Hall–Kier alpha value is -1.74. The fourth-order valence-corrected chi connectivity index (χ4v) is 4.47. The van der Waals surface area contributed by atoms with Gasteiger partial charge in [-0.2, -0.15) is 14.3 Å². The van der Waals surface area contributed by atoms with Crippen molar-refractivity contribution in [3.05, 3.63) is 28.2 Å². The van der Waals surface area contributed by atoms with Crippen LogP contribution in [0.3, 0.4) is 0 Å². The number of nitrogens with zero attached hydrogens (tertiary/aromatic N) is 2. The molecule has 124 valence electrons. The summed E-state index contributed by atoms with van der Waals surface area (Å²) in [5.74, 6) is -0.770. The molecule has 0 radical (unpaired) electrons. The molecule has 1 aliphatic heterocycles. The molecular weight excluding hydrogens is 386 g/mol. The molecule has 0 spiro atoms. The average Bonchev–Trinajstić information content (AvgIpc) is 2.46. The molecule has 1 heterocycles. The number of hydrogen-bond acceptors (Lipinski definition) is 4. The Morgan fingerprint density at radius 2 is 1.87 bits per heavy atom.